The van der Waals surface area contributed by atoms with Crippen molar-refractivity contribution in [2.45, 2.75) is 0 Å². The Balaban J connectivity index is 3.07. The third kappa shape index (κ3) is 0.833. The summed E-state index contributed by atoms with van der Waals surface area (Å²) in [7, 11) is 0. The molecule has 0 saturated carbocycles. The zero-order valence-electron chi connectivity index (χ0n) is 5.98. The van der Waals surface area contributed by atoms with Crippen molar-refractivity contribution in [3.63, 3.8) is 0 Å². The molecule has 1 heterocycles. The van der Waals surface area contributed by atoms with E-state index in [4.69, 9.17) is 0 Å². The molecule has 0 fully saturated rings. The average molecular weight is 163 g/mol. The van der Waals surface area contributed by atoms with Crippen LogP contribution in [0.5, 0.6) is 5.75 Å². The number of aromatic nitrogens is 3. The molecule has 0 aliphatic heterocycles. The van der Waals surface area contributed by atoms with Gasteiger partial charge in [0.25, 0.3) is 0 Å². The smallest absolute Gasteiger partial charge is 0.303 e. The fourth-order valence-corrected chi connectivity index (χ4v) is 1.03. The van der Waals surface area contributed by atoms with Gasteiger partial charge in [-0.15, -0.1) is 0 Å². The van der Waals surface area contributed by atoms with Crippen molar-refractivity contribution in [2.24, 2.45) is 0 Å². The van der Waals surface area contributed by atoms with E-state index < -0.39 is 5.56 Å². The van der Waals surface area contributed by atoms with Gasteiger partial charge in [-0.25, -0.2) is 0 Å². The van der Waals surface area contributed by atoms with Crippen LogP contribution >= 0.6 is 0 Å². The molecule has 0 atom stereocenters. The number of H-pyrrole nitrogens is 1. The number of benzene rings is 1. The highest BCUT2D eigenvalue weighted by Gasteiger charge is 2.03. The molecule has 2 aromatic rings. The molecule has 60 valence electrons. The summed E-state index contributed by atoms with van der Waals surface area (Å²) < 4.78 is 0. The largest absolute Gasteiger partial charge is 0.507 e. The maximum Gasteiger partial charge on any atom is 0.303 e. The number of fused-ring (bicyclic) bond motifs is 1. The summed E-state index contributed by atoms with van der Waals surface area (Å²) in [5, 5.41) is 18.6. The van der Waals surface area contributed by atoms with Crippen LogP contribution in [0.1, 0.15) is 0 Å². The molecule has 2 rings (SSSR count). The molecule has 1 aromatic carbocycles. The second kappa shape index (κ2) is 2.30. The molecule has 0 spiro atoms. The van der Waals surface area contributed by atoms with E-state index in [-0.39, 0.29) is 11.1 Å². The van der Waals surface area contributed by atoms with Gasteiger partial charge < -0.3 is 5.11 Å². The average Bonchev–Trinajstić information content (AvgIpc) is 2.04. The van der Waals surface area contributed by atoms with Crippen LogP contribution in [0.2, 0.25) is 0 Å². The Labute approximate surface area is 66.7 Å². The topological polar surface area (TPSA) is 78.9 Å². The minimum atomic E-state index is -0.526. The van der Waals surface area contributed by atoms with Crippen molar-refractivity contribution in [2.75, 3.05) is 0 Å². The molecule has 5 heteroatoms. The predicted molar refractivity (Wildman–Crippen MR) is 41.8 cm³/mol. The fourth-order valence-electron chi connectivity index (χ4n) is 1.03. The van der Waals surface area contributed by atoms with Gasteiger partial charge >= 0.3 is 5.56 Å². The first-order chi connectivity index (χ1) is 5.79. The second-order valence-electron chi connectivity index (χ2n) is 2.32. The molecular weight excluding hydrogens is 158 g/mol. The first-order valence-electron chi connectivity index (χ1n) is 3.32. The fraction of sp³-hybridized carbons (Fsp3) is 0. The molecule has 1 aromatic heterocycles. The van der Waals surface area contributed by atoms with E-state index in [0.717, 1.165) is 0 Å². The molecule has 0 aliphatic rings. The number of hydrogen-bond donors (Lipinski definition) is 2. The SMILES string of the molecule is O=c1nn[nH]c2cccc(O)c12. The number of aromatic amines is 1. The number of phenols is 1. The number of nitrogens with zero attached hydrogens (tertiary/aromatic N) is 2. The third-order valence-corrected chi connectivity index (χ3v) is 1.57. The maximum atomic E-state index is 11.0. The molecular formula is C7H5N3O2. The van der Waals surface area contributed by atoms with Gasteiger partial charge in [-0.05, 0) is 12.1 Å². The van der Waals surface area contributed by atoms with Crippen LogP contribution in [0.15, 0.2) is 23.0 Å². The summed E-state index contributed by atoms with van der Waals surface area (Å²) >= 11 is 0. The lowest BCUT2D eigenvalue weighted by Gasteiger charge is -1.95. The maximum absolute atomic E-state index is 11.0. The number of hydrogen-bond acceptors (Lipinski definition) is 4. The van der Waals surface area contributed by atoms with E-state index >= 15 is 0 Å². The summed E-state index contributed by atoms with van der Waals surface area (Å²) in [5.74, 6) is -0.0800. The quantitative estimate of drug-likeness (QED) is 0.574. The summed E-state index contributed by atoms with van der Waals surface area (Å²) in [6.07, 6.45) is 0. The lowest BCUT2D eigenvalue weighted by atomic mass is 10.2. The van der Waals surface area contributed by atoms with E-state index in [2.05, 4.69) is 15.4 Å². The van der Waals surface area contributed by atoms with Gasteiger partial charge in [-0.3, -0.25) is 9.89 Å². The highest BCUT2D eigenvalue weighted by molar-refractivity contribution is 5.82. The molecule has 0 saturated heterocycles. The highest BCUT2D eigenvalue weighted by Crippen LogP contribution is 2.16. The van der Waals surface area contributed by atoms with Crippen LogP contribution in [0, 0.1) is 0 Å². The van der Waals surface area contributed by atoms with E-state index in [9.17, 15) is 9.90 Å². The Hall–Kier alpha value is -1.91. The van der Waals surface area contributed by atoms with Gasteiger partial charge in [-0.1, -0.05) is 16.4 Å². The minimum Gasteiger partial charge on any atom is -0.507 e. The molecule has 0 radical (unpaired) electrons. The molecule has 0 unspecified atom stereocenters. The Morgan fingerprint density at radius 1 is 1.42 bits per heavy atom. The Morgan fingerprint density at radius 2 is 2.25 bits per heavy atom. The molecule has 12 heavy (non-hydrogen) atoms. The van der Waals surface area contributed by atoms with E-state index in [1.807, 2.05) is 0 Å². The van der Waals surface area contributed by atoms with Crippen molar-refractivity contribution in [3.8, 4) is 5.75 Å². The van der Waals surface area contributed by atoms with E-state index in [1.165, 1.54) is 6.07 Å². The number of nitrogens with one attached hydrogen (secondary N) is 1. The summed E-state index contributed by atoms with van der Waals surface area (Å²) in [6, 6.07) is 4.69. The Bertz CT molecular complexity index is 472. The van der Waals surface area contributed by atoms with E-state index in [1.54, 1.807) is 12.1 Å². The summed E-state index contributed by atoms with van der Waals surface area (Å²) in [6.45, 7) is 0. The predicted octanol–water partition coefficient (Wildman–Crippen LogP) is 0.0237. The van der Waals surface area contributed by atoms with Crippen LogP contribution < -0.4 is 5.56 Å². The first-order valence-corrected chi connectivity index (χ1v) is 3.32. The zero-order valence-corrected chi connectivity index (χ0v) is 5.98. The lowest BCUT2D eigenvalue weighted by molar-refractivity contribution is 0.481. The zero-order chi connectivity index (χ0) is 8.55. The van der Waals surface area contributed by atoms with Crippen LogP contribution in [-0.2, 0) is 0 Å². The number of rotatable bonds is 0. The van der Waals surface area contributed by atoms with Crippen molar-refractivity contribution >= 4 is 10.9 Å². The lowest BCUT2D eigenvalue weighted by Crippen LogP contribution is -2.09. The van der Waals surface area contributed by atoms with Crippen molar-refractivity contribution < 1.29 is 5.11 Å². The standard InChI is InChI=1S/C7H5N3O2/c11-5-3-1-2-4-6(5)7(12)9-10-8-4/h1-3,11H,(H,8,9,12). The second-order valence-corrected chi connectivity index (χ2v) is 2.32. The minimum absolute atomic E-state index is 0.0800. The summed E-state index contributed by atoms with van der Waals surface area (Å²) in [4.78, 5) is 11.0. The number of phenolic OH excluding ortho intramolecular Hbond substituents is 1. The van der Waals surface area contributed by atoms with E-state index in [0.29, 0.717) is 5.52 Å². The van der Waals surface area contributed by atoms with Gasteiger partial charge in [0.15, 0.2) is 0 Å². The monoisotopic (exact) mass is 163 g/mol. The molecule has 5 nitrogen and oxygen atoms in total. The van der Waals surface area contributed by atoms with Gasteiger partial charge in [0.1, 0.15) is 11.1 Å². The van der Waals surface area contributed by atoms with Gasteiger partial charge in [0, 0.05) is 0 Å². The van der Waals surface area contributed by atoms with Crippen LogP contribution in [0.25, 0.3) is 10.9 Å². The molecule has 0 amide bonds. The molecule has 2 N–H and O–H groups in total. The Kier molecular flexibility index (Phi) is 1.30. The number of aromatic hydroxyl groups is 1. The van der Waals surface area contributed by atoms with Crippen molar-refractivity contribution in [1.82, 2.24) is 15.4 Å². The highest BCUT2D eigenvalue weighted by atomic mass is 16.3. The van der Waals surface area contributed by atoms with Crippen LogP contribution in [0.3, 0.4) is 0 Å². The summed E-state index contributed by atoms with van der Waals surface area (Å²) in [5.41, 5.74) is -0.0446. The normalized spacial score (nSPS) is 10.3. The van der Waals surface area contributed by atoms with Gasteiger partial charge in [0.05, 0.1) is 5.52 Å². The molecule has 0 aliphatic carbocycles. The Morgan fingerprint density at radius 3 is 3.00 bits per heavy atom. The van der Waals surface area contributed by atoms with Crippen LogP contribution in [0.4, 0.5) is 0 Å². The van der Waals surface area contributed by atoms with Gasteiger partial charge in [-0.2, -0.15) is 0 Å². The molecule has 0 bridgehead atoms. The van der Waals surface area contributed by atoms with Gasteiger partial charge in [0.2, 0.25) is 0 Å². The van der Waals surface area contributed by atoms with Crippen LogP contribution in [-0.4, -0.2) is 20.5 Å². The third-order valence-electron chi connectivity index (χ3n) is 1.57. The first kappa shape index (κ1) is 6.78. The van der Waals surface area contributed by atoms with Crippen molar-refractivity contribution in [3.05, 3.63) is 28.6 Å². The van der Waals surface area contributed by atoms with Crippen molar-refractivity contribution in [1.29, 1.82) is 0 Å².